The summed E-state index contributed by atoms with van der Waals surface area (Å²) >= 11 is 0. The zero-order valence-corrected chi connectivity index (χ0v) is 5.43. The van der Waals surface area contributed by atoms with Crippen molar-refractivity contribution in [3.05, 3.63) is 0 Å². The quantitative estimate of drug-likeness (QED) is 0.457. The first-order chi connectivity index (χ1) is 4.13. The zero-order valence-electron chi connectivity index (χ0n) is 5.43. The van der Waals surface area contributed by atoms with Crippen LogP contribution in [-0.2, 0) is 4.79 Å². The Morgan fingerprint density at radius 2 is 2.33 bits per heavy atom. The Kier molecular flexibility index (Phi) is 1.16. The molecule has 1 heterocycles. The van der Waals surface area contributed by atoms with Gasteiger partial charge >= 0.3 is 0 Å². The van der Waals surface area contributed by atoms with Gasteiger partial charge in [-0.1, -0.05) is 0 Å². The summed E-state index contributed by atoms with van der Waals surface area (Å²) in [5.74, 6) is -0.0579. The number of carbonyl (C=O) groups excluding carboxylic acids is 1. The third-order valence-corrected chi connectivity index (χ3v) is 1.17. The first-order valence-electron chi connectivity index (χ1n) is 2.72. The lowest BCUT2D eigenvalue weighted by Crippen LogP contribution is -2.53. The molecule has 0 aromatic carbocycles. The Bertz CT molecular complexity index is 162. The lowest BCUT2D eigenvalue weighted by atomic mass is 10.1. The predicted molar refractivity (Wildman–Crippen MR) is 33.8 cm³/mol. The summed E-state index contributed by atoms with van der Waals surface area (Å²) in [6, 6.07) is 0. The minimum Gasteiger partial charge on any atom is -0.313 e. The van der Waals surface area contributed by atoms with Crippen molar-refractivity contribution < 1.29 is 4.79 Å². The average molecular weight is 127 g/mol. The summed E-state index contributed by atoms with van der Waals surface area (Å²) in [4.78, 5) is 10.9. The van der Waals surface area contributed by atoms with Gasteiger partial charge in [0.15, 0.2) is 0 Å². The van der Waals surface area contributed by atoms with E-state index in [4.69, 9.17) is 0 Å². The molecule has 4 nitrogen and oxygen atoms in total. The van der Waals surface area contributed by atoms with Gasteiger partial charge in [0, 0.05) is 0 Å². The molecule has 1 rings (SSSR count). The average Bonchev–Trinajstić information content (AvgIpc) is 1.77. The van der Waals surface area contributed by atoms with E-state index in [0.29, 0.717) is 0 Å². The molecule has 0 saturated heterocycles. The van der Waals surface area contributed by atoms with Crippen molar-refractivity contribution in [2.45, 2.75) is 19.4 Å². The Hall–Kier alpha value is -1.06. The molecule has 4 heteroatoms. The Labute approximate surface area is 53.3 Å². The molecule has 1 aliphatic heterocycles. The normalized spacial score (nSPS) is 22.7. The van der Waals surface area contributed by atoms with Crippen LogP contribution >= 0.6 is 0 Å². The van der Waals surface area contributed by atoms with Gasteiger partial charge in [-0.25, -0.2) is 0 Å². The van der Waals surface area contributed by atoms with Gasteiger partial charge in [-0.05, 0) is 13.8 Å². The second kappa shape index (κ2) is 1.72. The zero-order chi connectivity index (χ0) is 6.91. The maximum Gasteiger partial charge on any atom is 0.251 e. The van der Waals surface area contributed by atoms with E-state index in [-0.39, 0.29) is 5.91 Å². The second-order valence-electron chi connectivity index (χ2n) is 2.47. The van der Waals surface area contributed by atoms with E-state index >= 15 is 0 Å². The fourth-order valence-electron chi connectivity index (χ4n) is 0.516. The van der Waals surface area contributed by atoms with Crippen LogP contribution in [0.15, 0.2) is 5.10 Å². The number of nitrogens with one attached hydrogen (secondary N) is 2. The molecule has 9 heavy (non-hydrogen) atoms. The molecule has 0 unspecified atom stereocenters. The fourth-order valence-corrected chi connectivity index (χ4v) is 0.516. The van der Waals surface area contributed by atoms with E-state index in [1.165, 1.54) is 6.34 Å². The molecular formula is C5H9N3O. The van der Waals surface area contributed by atoms with Crippen LogP contribution in [0.3, 0.4) is 0 Å². The topological polar surface area (TPSA) is 53.5 Å². The molecule has 0 bridgehead atoms. The summed E-state index contributed by atoms with van der Waals surface area (Å²) < 4.78 is 0. The van der Waals surface area contributed by atoms with Crippen molar-refractivity contribution in [3.8, 4) is 0 Å². The number of nitrogens with zero attached hydrogens (tertiary/aromatic N) is 1. The van der Waals surface area contributed by atoms with Crippen molar-refractivity contribution in [2.24, 2.45) is 5.10 Å². The lowest BCUT2D eigenvalue weighted by Gasteiger charge is -2.24. The van der Waals surface area contributed by atoms with Crippen molar-refractivity contribution in [1.29, 1.82) is 0 Å². The summed E-state index contributed by atoms with van der Waals surface area (Å²) in [5, 5.41) is 6.15. The van der Waals surface area contributed by atoms with Gasteiger partial charge < -0.3 is 5.32 Å². The van der Waals surface area contributed by atoms with E-state index in [1.54, 1.807) is 13.8 Å². The number of hydrazone groups is 1. The van der Waals surface area contributed by atoms with E-state index in [0.717, 1.165) is 0 Å². The number of carbonyl (C=O) groups is 1. The number of amides is 1. The molecule has 0 spiro atoms. The Morgan fingerprint density at radius 1 is 1.67 bits per heavy atom. The number of hydrogen-bond acceptors (Lipinski definition) is 3. The smallest absolute Gasteiger partial charge is 0.251 e. The van der Waals surface area contributed by atoms with Gasteiger partial charge in [0.1, 0.15) is 11.9 Å². The van der Waals surface area contributed by atoms with Gasteiger partial charge in [0.05, 0.1) is 0 Å². The number of rotatable bonds is 0. The molecule has 0 fully saturated rings. The summed E-state index contributed by atoms with van der Waals surface area (Å²) in [6.07, 6.45) is 1.34. The van der Waals surface area contributed by atoms with Crippen LogP contribution in [0, 0.1) is 0 Å². The number of hydrogen-bond donors (Lipinski definition) is 2. The molecule has 1 aliphatic rings. The van der Waals surface area contributed by atoms with Gasteiger partial charge in [0.25, 0.3) is 5.91 Å². The Balaban J connectivity index is 2.76. The summed E-state index contributed by atoms with van der Waals surface area (Å²) in [7, 11) is 0. The molecule has 0 atom stereocenters. The van der Waals surface area contributed by atoms with Crippen LogP contribution in [0.25, 0.3) is 0 Å². The molecule has 1 amide bonds. The van der Waals surface area contributed by atoms with Crippen LogP contribution in [0.4, 0.5) is 0 Å². The maximum atomic E-state index is 10.9. The van der Waals surface area contributed by atoms with E-state index in [1.807, 2.05) is 0 Å². The Morgan fingerprint density at radius 3 is 2.67 bits per heavy atom. The molecule has 0 aliphatic carbocycles. The van der Waals surface area contributed by atoms with Crippen molar-refractivity contribution in [3.63, 3.8) is 0 Å². The van der Waals surface area contributed by atoms with Crippen LogP contribution in [0.2, 0.25) is 0 Å². The summed E-state index contributed by atoms with van der Waals surface area (Å²) in [5.41, 5.74) is 2.10. The minimum atomic E-state index is -0.561. The molecule has 0 saturated carbocycles. The standard InChI is InChI=1S/C5H9N3O/c1-5(2)4(9)6-3-7-8-5/h3,8H,1-2H3,(H,6,7,9). The largest absolute Gasteiger partial charge is 0.313 e. The van der Waals surface area contributed by atoms with Gasteiger partial charge in [0.2, 0.25) is 0 Å². The van der Waals surface area contributed by atoms with Crippen LogP contribution in [-0.4, -0.2) is 17.8 Å². The third kappa shape index (κ3) is 1.01. The fraction of sp³-hybridized carbons (Fsp3) is 0.600. The van der Waals surface area contributed by atoms with E-state index in [9.17, 15) is 4.79 Å². The SMILES string of the molecule is CC1(C)NN=CNC1=O. The molecule has 50 valence electrons. The first-order valence-corrected chi connectivity index (χ1v) is 2.72. The van der Waals surface area contributed by atoms with E-state index in [2.05, 4.69) is 15.8 Å². The maximum absolute atomic E-state index is 10.9. The van der Waals surface area contributed by atoms with Crippen molar-refractivity contribution in [1.82, 2.24) is 10.7 Å². The highest BCUT2D eigenvalue weighted by atomic mass is 16.2. The highest BCUT2D eigenvalue weighted by Gasteiger charge is 2.28. The molecule has 0 radical (unpaired) electrons. The summed E-state index contributed by atoms with van der Waals surface area (Å²) in [6.45, 7) is 3.53. The highest BCUT2D eigenvalue weighted by Crippen LogP contribution is 2.02. The van der Waals surface area contributed by atoms with Gasteiger partial charge in [-0.15, -0.1) is 0 Å². The van der Waals surface area contributed by atoms with Crippen LogP contribution < -0.4 is 10.7 Å². The van der Waals surface area contributed by atoms with Crippen LogP contribution in [0.5, 0.6) is 0 Å². The first kappa shape index (κ1) is 6.07. The molecular weight excluding hydrogens is 118 g/mol. The lowest BCUT2D eigenvalue weighted by molar-refractivity contribution is -0.125. The molecule has 0 aromatic heterocycles. The highest BCUT2D eigenvalue weighted by molar-refractivity contribution is 5.95. The van der Waals surface area contributed by atoms with E-state index < -0.39 is 5.54 Å². The van der Waals surface area contributed by atoms with Crippen molar-refractivity contribution >= 4 is 12.2 Å². The third-order valence-electron chi connectivity index (χ3n) is 1.17. The molecule has 0 aromatic rings. The minimum absolute atomic E-state index is 0.0579. The molecule has 2 N–H and O–H groups in total. The van der Waals surface area contributed by atoms with Crippen molar-refractivity contribution in [2.75, 3.05) is 0 Å². The predicted octanol–water partition coefficient (Wildman–Crippen LogP) is -0.572. The van der Waals surface area contributed by atoms with Gasteiger partial charge in [-0.2, -0.15) is 5.10 Å². The van der Waals surface area contributed by atoms with Gasteiger partial charge in [-0.3, -0.25) is 10.2 Å². The van der Waals surface area contributed by atoms with Crippen LogP contribution in [0.1, 0.15) is 13.8 Å². The monoisotopic (exact) mass is 127 g/mol. The second-order valence-corrected chi connectivity index (χ2v) is 2.47.